The van der Waals surface area contributed by atoms with Gasteiger partial charge in [-0.1, -0.05) is 6.07 Å². The third-order valence-electron chi connectivity index (χ3n) is 3.99. The summed E-state index contributed by atoms with van der Waals surface area (Å²) >= 11 is 0. The lowest BCUT2D eigenvalue weighted by Crippen LogP contribution is -2.24. The van der Waals surface area contributed by atoms with Gasteiger partial charge in [-0.3, -0.25) is 4.79 Å². The van der Waals surface area contributed by atoms with E-state index in [9.17, 15) is 4.79 Å². The summed E-state index contributed by atoms with van der Waals surface area (Å²) in [4.78, 5) is 12.0. The highest BCUT2D eigenvalue weighted by atomic mass is 16.5. The first kappa shape index (κ1) is 16.6. The van der Waals surface area contributed by atoms with Crippen molar-refractivity contribution < 1.29 is 19.0 Å². The van der Waals surface area contributed by atoms with Crippen LogP contribution < -0.4 is 15.2 Å². The Balaban J connectivity index is 2.22. The molecule has 0 aliphatic heterocycles. The van der Waals surface area contributed by atoms with Crippen LogP contribution in [0.25, 0.3) is 0 Å². The average Bonchev–Trinajstić information content (AvgIpc) is 3.01. The van der Waals surface area contributed by atoms with Crippen molar-refractivity contribution in [3.8, 4) is 11.5 Å². The van der Waals surface area contributed by atoms with Crippen molar-refractivity contribution in [1.82, 2.24) is 0 Å². The minimum Gasteiger partial charge on any atom is -0.493 e. The van der Waals surface area contributed by atoms with Gasteiger partial charge in [0.05, 0.1) is 25.7 Å². The Morgan fingerprint density at radius 3 is 2.64 bits per heavy atom. The Hall–Kier alpha value is -1.75. The lowest BCUT2D eigenvalue weighted by Gasteiger charge is -2.19. The molecular formula is C17H25NO4. The molecule has 0 spiro atoms. The first-order valence-electron chi connectivity index (χ1n) is 7.90. The third-order valence-corrected chi connectivity index (χ3v) is 3.99. The number of hydrogen-bond acceptors (Lipinski definition) is 5. The molecule has 0 saturated heterocycles. The number of methoxy groups -OCH3 is 1. The number of carbonyl (C=O) groups is 1. The van der Waals surface area contributed by atoms with Gasteiger partial charge in [0, 0.05) is 6.54 Å². The monoisotopic (exact) mass is 307 g/mol. The molecule has 5 nitrogen and oxygen atoms in total. The van der Waals surface area contributed by atoms with Crippen LogP contribution in [-0.4, -0.2) is 32.3 Å². The molecule has 2 N–H and O–H groups in total. The molecule has 0 heterocycles. The van der Waals surface area contributed by atoms with Crippen LogP contribution in [0.4, 0.5) is 0 Å². The Morgan fingerprint density at radius 1 is 1.32 bits per heavy atom. The fourth-order valence-corrected chi connectivity index (χ4v) is 2.80. The first-order valence-corrected chi connectivity index (χ1v) is 7.90. The van der Waals surface area contributed by atoms with Gasteiger partial charge in [0.1, 0.15) is 0 Å². The summed E-state index contributed by atoms with van der Waals surface area (Å²) < 4.78 is 16.5. The van der Waals surface area contributed by atoms with E-state index < -0.39 is 5.92 Å². The van der Waals surface area contributed by atoms with E-state index in [0.29, 0.717) is 18.1 Å². The molecule has 1 fully saturated rings. The van der Waals surface area contributed by atoms with Crippen LogP contribution in [0.3, 0.4) is 0 Å². The van der Waals surface area contributed by atoms with Crippen molar-refractivity contribution in [2.24, 2.45) is 5.73 Å². The predicted octanol–water partition coefficient (Wildman–Crippen LogP) is 2.62. The quantitative estimate of drug-likeness (QED) is 0.784. The summed E-state index contributed by atoms with van der Waals surface area (Å²) in [7, 11) is 1.61. The highest BCUT2D eigenvalue weighted by Crippen LogP contribution is 2.34. The highest BCUT2D eigenvalue weighted by molar-refractivity contribution is 5.78. The maximum atomic E-state index is 12.0. The van der Waals surface area contributed by atoms with E-state index in [-0.39, 0.29) is 18.6 Å². The van der Waals surface area contributed by atoms with Crippen molar-refractivity contribution in [3.63, 3.8) is 0 Å². The van der Waals surface area contributed by atoms with E-state index in [1.165, 1.54) is 12.8 Å². The maximum Gasteiger partial charge on any atom is 0.314 e. The second-order valence-electron chi connectivity index (χ2n) is 5.47. The summed E-state index contributed by atoms with van der Waals surface area (Å²) in [6.45, 7) is 2.33. The molecule has 1 aliphatic carbocycles. The number of rotatable bonds is 7. The summed E-state index contributed by atoms with van der Waals surface area (Å²) in [6, 6.07) is 5.52. The molecule has 0 radical (unpaired) electrons. The number of benzene rings is 1. The highest BCUT2D eigenvalue weighted by Gasteiger charge is 2.23. The molecule has 22 heavy (non-hydrogen) atoms. The zero-order valence-corrected chi connectivity index (χ0v) is 13.3. The van der Waals surface area contributed by atoms with Gasteiger partial charge in [0.15, 0.2) is 11.5 Å². The van der Waals surface area contributed by atoms with Crippen LogP contribution >= 0.6 is 0 Å². The number of nitrogens with two attached hydrogens (primary N) is 1. The Bertz CT molecular complexity index is 497. The van der Waals surface area contributed by atoms with Crippen LogP contribution in [0.1, 0.15) is 44.1 Å². The number of hydrogen-bond donors (Lipinski definition) is 1. The van der Waals surface area contributed by atoms with Crippen molar-refractivity contribution in [3.05, 3.63) is 23.8 Å². The Kier molecular flexibility index (Phi) is 6.07. The molecule has 1 aromatic rings. The first-order chi connectivity index (χ1) is 10.7. The van der Waals surface area contributed by atoms with Crippen LogP contribution in [0.5, 0.6) is 11.5 Å². The van der Waals surface area contributed by atoms with Gasteiger partial charge in [-0.05, 0) is 50.3 Å². The minimum atomic E-state index is -0.475. The van der Waals surface area contributed by atoms with Crippen LogP contribution in [0, 0.1) is 0 Å². The molecule has 5 heteroatoms. The number of esters is 1. The molecule has 1 aromatic carbocycles. The zero-order chi connectivity index (χ0) is 15.9. The summed E-state index contributed by atoms with van der Waals surface area (Å²) in [5.41, 5.74) is 6.55. The zero-order valence-electron chi connectivity index (χ0n) is 13.3. The molecule has 2 rings (SSSR count). The smallest absolute Gasteiger partial charge is 0.314 e. The second kappa shape index (κ2) is 8.03. The second-order valence-corrected chi connectivity index (χ2v) is 5.47. The van der Waals surface area contributed by atoms with E-state index in [0.717, 1.165) is 18.4 Å². The predicted molar refractivity (Wildman–Crippen MR) is 84.3 cm³/mol. The van der Waals surface area contributed by atoms with Crippen molar-refractivity contribution in [1.29, 1.82) is 0 Å². The van der Waals surface area contributed by atoms with Crippen LogP contribution in [0.15, 0.2) is 18.2 Å². The summed E-state index contributed by atoms with van der Waals surface area (Å²) in [6.07, 6.45) is 4.74. The Labute approximate surface area is 131 Å². The maximum absolute atomic E-state index is 12.0. The van der Waals surface area contributed by atoms with Gasteiger partial charge in [-0.15, -0.1) is 0 Å². The molecule has 0 aromatic heterocycles. The molecule has 1 atom stereocenters. The average molecular weight is 307 g/mol. The van der Waals surface area contributed by atoms with E-state index in [4.69, 9.17) is 19.9 Å². The molecule has 0 amide bonds. The van der Waals surface area contributed by atoms with Gasteiger partial charge in [-0.2, -0.15) is 0 Å². The molecule has 1 aliphatic rings. The van der Waals surface area contributed by atoms with E-state index in [2.05, 4.69) is 0 Å². The van der Waals surface area contributed by atoms with Crippen molar-refractivity contribution in [2.75, 3.05) is 20.3 Å². The van der Waals surface area contributed by atoms with Crippen molar-refractivity contribution in [2.45, 2.75) is 44.6 Å². The van der Waals surface area contributed by atoms with Crippen molar-refractivity contribution >= 4 is 5.97 Å². The lowest BCUT2D eigenvalue weighted by atomic mass is 9.99. The fraction of sp³-hybridized carbons (Fsp3) is 0.588. The normalized spacial score (nSPS) is 16.3. The van der Waals surface area contributed by atoms with Gasteiger partial charge in [0.25, 0.3) is 0 Å². The van der Waals surface area contributed by atoms with Gasteiger partial charge in [-0.25, -0.2) is 0 Å². The van der Waals surface area contributed by atoms with Gasteiger partial charge < -0.3 is 19.9 Å². The van der Waals surface area contributed by atoms with E-state index in [1.54, 1.807) is 14.0 Å². The van der Waals surface area contributed by atoms with E-state index >= 15 is 0 Å². The summed E-state index contributed by atoms with van der Waals surface area (Å²) in [5.74, 6) is 0.573. The fourth-order valence-electron chi connectivity index (χ4n) is 2.80. The lowest BCUT2D eigenvalue weighted by molar-refractivity contribution is -0.144. The summed E-state index contributed by atoms with van der Waals surface area (Å²) in [5, 5.41) is 0. The topological polar surface area (TPSA) is 70.8 Å². The van der Waals surface area contributed by atoms with Crippen LogP contribution in [-0.2, 0) is 9.53 Å². The standard InChI is InChI=1S/C17H25NO4/c1-3-21-17(19)14(11-18)12-8-9-15(20-2)16(10-12)22-13-6-4-5-7-13/h8-10,13-14H,3-7,11,18H2,1-2H3. The SMILES string of the molecule is CCOC(=O)C(CN)c1ccc(OC)c(OC2CCCC2)c1. The van der Waals surface area contributed by atoms with Gasteiger partial charge in [0.2, 0.25) is 0 Å². The molecule has 1 unspecified atom stereocenters. The largest absolute Gasteiger partial charge is 0.493 e. The number of ether oxygens (including phenoxy) is 3. The van der Waals surface area contributed by atoms with Gasteiger partial charge >= 0.3 is 5.97 Å². The molecule has 0 bridgehead atoms. The minimum absolute atomic E-state index is 0.202. The van der Waals surface area contributed by atoms with E-state index in [1.807, 2.05) is 18.2 Å². The van der Waals surface area contributed by atoms with Crippen LogP contribution in [0.2, 0.25) is 0 Å². The number of carbonyl (C=O) groups excluding carboxylic acids is 1. The molecule has 1 saturated carbocycles. The third kappa shape index (κ3) is 3.91. The Morgan fingerprint density at radius 2 is 2.05 bits per heavy atom. The molecular weight excluding hydrogens is 282 g/mol. The molecule has 122 valence electrons.